The number of nitro groups is 1. The molecule has 1 heterocycles. The number of allylic oxidation sites excluding steroid dienone is 2. The molecule has 1 saturated carbocycles. The number of hydrogen-bond acceptors (Lipinski definition) is 7. The summed E-state index contributed by atoms with van der Waals surface area (Å²) in [5, 5.41) is 13.8. The summed E-state index contributed by atoms with van der Waals surface area (Å²) < 4.78 is 5.21. The first-order chi connectivity index (χ1) is 14.9. The molecule has 1 saturated heterocycles. The molecular weight excluding hydrogens is 422 g/mol. The predicted molar refractivity (Wildman–Crippen MR) is 115 cm³/mol. The molecule has 2 fully saturated rings. The summed E-state index contributed by atoms with van der Waals surface area (Å²) in [7, 11) is 1.39. The lowest BCUT2D eigenvalue weighted by molar-refractivity contribution is -0.384. The van der Waals surface area contributed by atoms with Gasteiger partial charge in [-0.25, -0.2) is 0 Å². The molecule has 1 aliphatic heterocycles. The number of fused-ring (bicyclic) bond motifs is 5. The Kier molecular flexibility index (Phi) is 5.74. The van der Waals surface area contributed by atoms with Gasteiger partial charge in [-0.3, -0.25) is 29.4 Å². The van der Waals surface area contributed by atoms with E-state index in [0.29, 0.717) is 12.2 Å². The number of benzene rings is 1. The third kappa shape index (κ3) is 3.58. The number of thioether (sulfide) groups is 1. The largest absolute Gasteiger partial charge is 0.495 e. The van der Waals surface area contributed by atoms with Gasteiger partial charge in [0.15, 0.2) is 0 Å². The second-order valence-corrected chi connectivity index (χ2v) is 8.96. The minimum atomic E-state index is -0.985. The van der Waals surface area contributed by atoms with Gasteiger partial charge in [-0.2, -0.15) is 11.8 Å². The number of hydrogen-bond donors (Lipinski definition) is 1. The van der Waals surface area contributed by atoms with Crippen LogP contribution in [0.2, 0.25) is 0 Å². The summed E-state index contributed by atoms with van der Waals surface area (Å²) in [5.41, 5.74) is -0.0841. The Morgan fingerprint density at radius 3 is 2.48 bits per heavy atom. The molecule has 1 N–H and O–H groups in total. The van der Waals surface area contributed by atoms with E-state index in [1.807, 2.05) is 18.4 Å². The first-order valence-electron chi connectivity index (χ1n) is 10.0. The van der Waals surface area contributed by atoms with Gasteiger partial charge < -0.3 is 10.1 Å². The first kappa shape index (κ1) is 21.4. The number of amides is 3. The maximum absolute atomic E-state index is 13.2. The summed E-state index contributed by atoms with van der Waals surface area (Å²) >= 11 is 1.51. The van der Waals surface area contributed by atoms with Gasteiger partial charge in [-0.05, 0) is 42.8 Å². The molecule has 5 unspecified atom stereocenters. The number of carbonyl (C=O) groups is 3. The molecule has 164 valence electrons. The van der Waals surface area contributed by atoms with Gasteiger partial charge in [0, 0.05) is 12.1 Å². The summed E-state index contributed by atoms with van der Waals surface area (Å²) in [5.74, 6) is -0.996. The van der Waals surface area contributed by atoms with E-state index in [-0.39, 0.29) is 52.6 Å². The minimum absolute atomic E-state index is 0.0533. The number of nitrogens with one attached hydrogen (secondary N) is 1. The van der Waals surface area contributed by atoms with Crippen LogP contribution in [-0.4, -0.2) is 52.7 Å². The van der Waals surface area contributed by atoms with Crippen molar-refractivity contribution >= 4 is 40.9 Å². The lowest BCUT2D eigenvalue weighted by Crippen LogP contribution is -2.48. The van der Waals surface area contributed by atoms with Gasteiger partial charge in [0.1, 0.15) is 11.8 Å². The Morgan fingerprint density at radius 1 is 1.29 bits per heavy atom. The van der Waals surface area contributed by atoms with Crippen LogP contribution in [0, 0.1) is 33.8 Å². The molecule has 31 heavy (non-hydrogen) atoms. The highest BCUT2D eigenvalue weighted by molar-refractivity contribution is 7.98. The summed E-state index contributed by atoms with van der Waals surface area (Å²) in [4.78, 5) is 51.3. The average molecular weight is 445 g/mol. The van der Waals surface area contributed by atoms with Crippen LogP contribution in [0.15, 0.2) is 30.4 Å². The molecule has 3 aliphatic rings. The number of imide groups is 1. The Hall–Kier alpha value is -2.88. The number of rotatable bonds is 8. The van der Waals surface area contributed by atoms with E-state index in [4.69, 9.17) is 4.74 Å². The van der Waals surface area contributed by atoms with Crippen LogP contribution in [0.25, 0.3) is 0 Å². The number of nitro benzene ring substituents is 1. The summed E-state index contributed by atoms with van der Waals surface area (Å²) in [6, 6.07) is 2.89. The number of ether oxygens (including phenoxy) is 1. The van der Waals surface area contributed by atoms with E-state index in [1.54, 1.807) is 0 Å². The van der Waals surface area contributed by atoms with Crippen molar-refractivity contribution < 1.29 is 24.0 Å². The van der Waals surface area contributed by atoms with E-state index in [0.717, 1.165) is 11.3 Å². The molecule has 1 aromatic carbocycles. The van der Waals surface area contributed by atoms with Crippen molar-refractivity contribution in [2.45, 2.75) is 18.9 Å². The fourth-order valence-electron chi connectivity index (χ4n) is 4.96. The monoisotopic (exact) mass is 445 g/mol. The third-order valence-corrected chi connectivity index (χ3v) is 7.01. The standard InChI is InChI=1S/C21H23N3O6S/c1-30-16-6-5-13(24(28)29)10-14(16)22-19(25)15(7-8-31-2)23-20(26)17-11-3-4-12(9-11)18(17)21(23)27/h3-6,10-12,15,17-18H,7-9H2,1-2H3,(H,22,25). The third-order valence-electron chi connectivity index (χ3n) is 6.37. The Morgan fingerprint density at radius 2 is 1.94 bits per heavy atom. The van der Waals surface area contributed by atoms with Crippen molar-refractivity contribution in [2.75, 3.05) is 24.4 Å². The van der Waals surface area contributed by atoms with E-state index in [2.05, 4.69) is 5.32 Å². The van der Waals surface area contributed by atoms with Crippen molar-refractivity contribution in [2.24, 2.45) is 23.7 Å². The molecule has 0 spiro atoms. The molecule has 10 heteroatoms. The Labute approximate surface area is 183 Å². The fraction of sp³-hybridized carbons (Fsp3) is 0.476. The minimum Gasteiger partial charge on any atom is -0.495 e. The molecular formula is C21H23N3O6S. The van der Waals surface area contributed by atoms with Gasteiger partial charge in [0.25, 0.3) is 5.69 Å². The van der Waals surface area contributed by atoms with Crippen LogP contribution in [0.5, 0.6) is 5.75 Å². The van der Waals surface area contributed by atoms with E-state index < -0.39 is 16.9 Å². The van der Waals surface area contributed by atoms with E-state index in [1.165, 1.54) is 37.1 Å². The summed E-state index contributed by atoms with van der Waals surface area (Å²) in [6.45, 7) is 0. The zero-order valence-electron chi connectivity index (χ0n) is 17.1. The highest BCUT2D eigenvalue weighted by Crippen LogP contribution is 2.53. The lowest BCUT2D eigenvalue weighted by Gasteiger charge is -2.27. The molecule has 9 nitrogen and oxygen atoms in total. The van der Waals surface area contributed by atoms with Crippen LogP contribution in [0.1, 0.15) is 12.8 Å². The van der Waals surface area contributed by atoms with Gasteiger partial charge >= 0.3 is 0 Å². The number of non-ortho nitro benzene ring substituents is 1. The quantitative estimate of drug-likeness (QED) is 0.283. The maximum atomic E-state index is 13.2. The second kappa shape index (κ2) is 8.33. The van der Waals surface area contributed by atoms with Gasteiger partial charge in [0.05, 0.1) is 29.6 Å². The molecule has 1 aromatic rings. The number of likely N-dealkylation sites (tertiary alicyclic amines) is 1. The van der Waals surface area contributed by atoms with Crippen LogP contribution in [-0.2, 0) is 14.4 Å². The van der Waals surface area contributed by atoms with Crippen LogP contribution in [0.4, 0.5) is 11.4 Å². The van der Waals surface area contributed by atoms with E-state index >= 15 is 0 Å². The van der Waals surface area contributed by atoms with Crippen molar-refractivity contribution in [3.05, 3.63) is 40.5 Å². The van der Waals surface area contributed by atoms with Crippen molar-refractivity contribution in [3.63, 3.8) is 0 Å². The van der Waals surface area contributed by atoms with Crippen LogP contribution >= 0.6 is 11.8 Å². The van der Waals surface area contributed by atoms with Crippen molar-refractivity contribution in [1.29, 1.82) is 0 Å². The zero-order chi connectivity index (χ0) is 22.3. The predicted octanol–water partition coefficient (Wildman–Crippen LogP) is 2.47. The molecule has 2 bridgehead atoms. The highest BCUT2D eigenvalue weighted by Gasteiger charge is 2.61. The van der Waals surface area contributed by atoms with Gasteiger partial charge in [-0.15, -0.1) is 0 Å². The number of nitrogens with zero attached hydrogens (tertiary/aromatic N) is 2. The Balaban J connectivity index is 1.61. The molecule has 0 radical (unpaired) electrons. The smallest absolute Gasteiger partial charge is 0.271 e. The number of methoxy groups -OCH3 is 1. The SMILES string of the molecule is COc1ccc([N+](=O)[O-])cc1NC(=O)C(CCSC)N1C(=O)C2C3C=CC(C3)C2C1=O. The van der Waals surface area contributed by atoms with Gasteiger partial charge in [-0.1, -0.05) is 12.2 Å². The van der Waals surface area contributed by atoms with Crippen LogP contribution < -0.4 is 10.1 Å². The lowest BCUT2D eigenvalue weighted by atomic mass is 9.85. The highest BCUT2D eigenvalue weighted by atomic mass is 32.2. The van der Waals surface area contributed by atoms with Crippen LogP contribution in [0.3, 0.4) is 0 Å². The molecule has 4 rings (SSSR count). The molecule has 5 atom stereocenters. The topological polar surface area (TPSA) is 119 Å². The van der Waals surface area contributed by atoms with Gasteiger partial charge in [0.2, 0.25) is 17.7 Å². The van der Waals surface area contributed by atoms with Crippen molar-refractivity contribution in [3.8, 4) is 5.75 Å². The fourth-order valence-corrected chi connectivity index (χ4v) is 5.42. The molecule has 2 aliphatic carbocycles. The Bertz CT molecular complexity index is 950. The number of carbonyl (C=O) groups excluding carboxylic acids is 3. The molecule has 0 aromatic heterocycles. The first-order valence-corrected chi connectivity index (χ1v) is 11.4. The van der Waals surface area contributed by atoms with E-state index in [9.17, 15) is 24.5 Å². The van der Waals surface area contributed by atoms with Crippen molar-refractivity contribution in [1.82, 2.24) is 4.90 Å². The normalized spacial score (nSPS) is 26.8. The number of anilines is 1. The molecule has 3 amide bonds. The average Bonchev–Trinajstić information content (AvgIpc) is 3.43. The second-order valence-electron chi connectivity index (χ2n) is 7.97. The zero-order valence-corrected chi connectivity index (χ0v) is 18.0. The maximum Gasteiger partial charge on any atom is 0.271 e. The summed E-state index contributed by atoms with van der Waals surface area (Å²) in [6.07, 6.45) is 7.00.